The molecule has 0 unspecified atom stereocenters. The molecule has 0 aromatic carbocycles. The molecule has 8 heteroatoms. The maximum absolute atomic E-state index is 13.9. The molecule has 1 aliphatic heterocycles. The molecule has 136 valence electrons. The number of aryl methyl sites for hydroxylation is 1. The van der Waals surface area contributed by atoms with Gasteiger partial charge in [-0.2, -0.15) is 10.2 Å². The molecule has 0 N–H and O–H groups in total. The molecule has 0 saturated carbocycles. The van der Waals surface area contributed by atoms with Crippen LogP contribution in [0.2, 0.25) is 0 Å². The summed E-state index contributed by atoms with van der Waals surface area (Å²) in [6, 6.07) is 4.92. The quantitative estimate of drug-likeness (QED) is 0.701. The van der Waals surface area contributed by atoms with Crippen LogP contribution in [0, 0.1) is 5.82 Å². The van der Waals surface area contributed by atoms with Gasteiger partial charge >= 0.3 is 0 Å². The van der Waals surface area contributed by atoms with Crippen molar-refractivity contribution >= 4 is 0 Å². The van der Waals surface area contributed by atoms with Crippen LogP contribution in [-0.4, -0.2) is 42.1 Å². The molecule has 3 aromatic rings. The second-order valence-corrected chi connectivity index (χ2v) is 6.41. The molecular formula is C18H21FN6O. The van der Waals surface area contributed by atoms with Crippen molar-refractivity contribution in [1.82, 2.24) is 29.4 Å². The Morgan fingerprint density at radius 3 is 2.96 bits per heavy atom. The first-order valence-electron chi connectivity index (χ1n) is 8.73. The summed E-state index contributed by atoms with van der Waals surface area (Å²) < 4.78 is 23.6. The Balaban J connectivity index is 1.54. The van der Waals surface area contributed by atoms with Gasteiger partial charge in [0.05, 0.1) is 18.4 Å². The van der Waals surface area contributed by atoms with Gasteiger partial charge in [-0.3, -0.25) is 14.3 Å². The van der Waals surface area contributed by atoms with Crippen LogP contribution in [0.4, 0.5) is 4.39 Å². The minimum Gasteiger partial charge on any atom is -0.469 e. The third kappa shape index (κ3) is 3.60. The summed E-state index contributed by atoms with van der Waals surface area (Å²) in [6.07, 6.45) is 7.01. The number of hydrogen-bond acceptors (Lipinski definition) is 5. The Bertz CT molecular complexity index is 876. The molecule has 4 rings (SSSR count). The molecule has 1 atom stereocenters. The maximum atomic E-state index is 13.9. The molecule has 0 spiro atoms. The molecule has 0 amide bonds. The zero-order chi connectivity index (χ0) is 17.9. The Kier molecular flexibility index (Phi) is 4.66. The Hall–Kier alpha value is -2.74. The molecule has 0 saturated heterocycles. The average Bonchev–Trinajstić information content (AvgIpc) is 3.23. The smallest absolute Gasteiger partial charge is 0.250 e. The summed E-state index contributed by atoms with van der Waals surface area (Å²) in [5.74, 6) is -0.417. The van der Waals surface area contributed by atoms with Crippen LogP contribution in [-0.2, 0) is 26.2 Å². The van der Waals surface area contributed by atoms with E-state index in [0.717, 1.165) is 30.9 Å². The van der Waals surface area contributed by atoms with Gasteiger partial charge in [0.2, 0.25) is 0 Å². The summed E-state index contributed by atoms with van der Waals surface area (Å²) in [4.78, 5) is 6.28. The van der Waals surface area contributed by atoms with Gasteiger partial charge in [-0.15, -0.1) is 0 Å². The third-order valence-electron chi connectivity index (χ3n) is 4.45. The molecule has 7 nitrogen and oxygen atoms in total. The van der Waals surface area contributed by atoms with Crippen molar-refractivity contribution in [3.05, 3.63) is 60.1 Å². The SMILES string of the molecule is CCn1cc(CN2Cc3ccnn3C[C@H](Oc3ncccc3F)C2)cn1. The number of hydrogen-bond donors (Lipinski definition) is 0. The van der Waals surface area contributed by atoms with Gasteiger partial charge in [0.25, 0.3) is 5.88 Å². The van der Waals surface area contributed by atoms with Gasteiger partial charge in [0.15, 0.2) is 5.82 Å². The van der Waals surface area contributed by atoms with Crippen LogP contribution < -0.4 is 4.74 Å². The second-order valence-electron chi connectivity index (χ2n) is 6.41. The van der Waals surface area contributed by atoms with E-state index < -0.39 is 5.82 Å². The van der Waals surface area contributed by atoms with Crippen molar-refractivity contribution in [3.8, 4) is 5.88 Å². The van der Waals surface area contributed by atoms with Crippen molar-refractivity contribution in [3.63, 3.8) is 0 Å². The normalized spacial score (nSPS) is 17.7. The van der Waals surface area contributed by atoms with Crippen molar-refractivity contribution in [2.24, 2.45) is 0 Å². The Morgan fingerprint density at radius 2 is 2.15 bits per heavy atom. The van der Waals surface area contributed by atoms with Crippen molar-refractivity contribution in [2.45, 2.75) is 39.2 Å². The van der Waals surface area contributed by atoms with Crippen LogP contribution in [0.15, 0.2) is 43.0 Å². The van der Waals surface area contributed by atoms with E-state index in [1.807, 2.05) is 21.6 Å². The van der Waals surface area contributed by atoms with Gasteiger partial charge in [0, 0.05) is 50.3 Å². The lowest BCUT2D eigenvalue weighted by atomic mass is 10.2. The molecule has 0 aliphatic carbocycles. The fourth-order valence-corrected chi connectivity index (χ4v) is 3.22. The lowest BCUT2D eigenvalue weighted by molar-refractivity contribution is 0.113. The van der Waals surface area contributed by atoms with Gasteiger partial charge in [-0.25, -0.2) is 9.37 Å². The van der Waals surface area contributed by atoms with Crippen molar-refractivity contribution < 1.29 is 9.13 Å². The number of rotatable bonds is 5. The molecule has 26 heavy (non-hydrogen) atoms. The lowest BCUT2D eigenvalue weighted by Crippen LogP contribution is -2.35. The molecule has 3 aromatic heterocycles. The molecule has 0 fully saturated rings. The van der Waals surface area contributed by atoms with E-state index in [0.29, 0.717) is 13.1 Å². The molecule has 4 heterocycles. The minimum atomic E-state index is -0.451. The van der Waals surface area contributed by atoms with E-state index >= 15 is 0 Å². The van der Waals surface area contributed by atoms with E-state index in [2.05, 4.69) is 33.2 Å². The number of aromatic nitrogens is 5. The van der Waals surface area contributed by atoms with Crippen LogP contribution in [0.3, 0.4) is 0 Å². The largest absolute Gasteiger partial charge is 0.469 e. The maximum Gasteiger partial charge on any atom is 0.250 e. The molecule has 1 aliphatic rings. The predicted octanol–water partition coefficient (Wildman–Crippen LogP) is 2.10. The first kappa shape index (κ1) is 16.7. The third-order valence-corrected chi connectivity index (χ3v) is 4.45. The first-order valence-corrected chi connectivity index (χ1v) is 8.73. The number of nitrogens with zero attached hydrogens (tertiary/aromatic N) is 6. The zero-order valence-electron chi connectivity index (χ0n) is 14.6. The number of pyridine rings is 1. The van der Waals surface area contributed by atoms with Crippen molar-refractivity contribution in [2.75, 3.05) is 6.54 Å². The molecular weight excluding hydrogens is 335 g/mol. The minimum absolute atomic E-state index is 0.0341. The standard InChI is InChI=1S/C18H21FN6O/c1-2-24-10-14(8-22-24)9-23-11-15-5-7-21-25(15)13-16(12-23)26-18-17(19)4-3-6-20-18/h3-8,10,16H,2,9,11-13H2,1H3/t16-/m1/s1. The highest BCUT2D eigenvalue weighted by atomic mass is 19.1. The summed E-state index contributed by atoms with van der Waals surface area (Å²) in [5.41, 5.74) is 2.25. The van der Waals surface area contributed by atoms with Gasteiger partial charge in [0.1, 0.15) is 6.10 Å². The number of halogens is 1. The topological polar surface area (TPSA) is 61.0 Å². The predicted molar refractivity (Wildman–Crippen MR) is 92.9 cm³/mol. The highest BCUT2D eigenvalue weighted by Crippen LogP contribution is 2.19. The van der Waals surface area contributed by atoms with E-state index in [-0.39, 0.29) is 12.0 Å². The summed E-state index contributed by atoms with van der Waals surface area (Å²) >= 11 is 0. The van der Waals surface area contributed by atoms with E-state index in [4.69, 9.17) is 4.74 Å². The summed E-state index contributed by atoms with van der Waals surface area (Å²) in [6.45, 7) is 5.61. The Labute approximate surface area is 151 Å². The first-order chi connectivity index (χ1) is 12.7. The van der Waals surface area contributed by atoms with Crippen LogP contribution >= 0.6 is 0 Å². The second kappa shape index (κ2) is 7.25. The number of ether oxygens (including phenoxy) is 1. The molecule has 0 radical (unpaired) electrons. The van der Waals surface area contributed by atoms with Gasteiger partial charge in [-0.1, -0.05) is 0 Å². The van der Waals surface area contributed by atoms with Gasteiger partial charge in [-0.05, 0) is 25.1 Å². The van der Waals surface area contributed by atoms with Gasteiger partial charge < -0.3 is 4.74 Å². The fourth-order valence-electron chi connectivity index (χ4n) is 3.22. The lowest BCUT2D eigenvalue weighted by Gasteiger charge is -2.23. The fraction of sp³-hybridized carbons (Fsp3) is 0.389. The zero-order valence-corrected chi connectivity index (χ0v) is 14.6. The number of fused-ring (bicyclic) bond motifs is 1. The summed E-state index contributed by atoms with van der Waals surface area (Å²) in [7, 11) is 0. The highest BCUT2D eigenvalue weighted by molar-refractivity contribution is 5.14. The highest BCUT2D eigenvalue weighted by Gasteiger charge is 2.25. The Morgan fingerprint density at radius 1 is 1.23 bits per heavy atom. The van der Waals surface area contributed by atoms with Crippen molar-refractivity contribution in [1.29, 1.82) is 0 Å². The average molecular weight is 356 g/mol. The summed E-state index contributed by atoms with van der Waals surface area (Å²) in [5, 5.41) is 8.71. The molecule has 0 bridgehead atoms. The van der Waals surface area contributed by atoms with E-state index in [1.54, 1.807) is 12.3 Å². The monoisotopic (exact) mass is 356 g/mol. The van der Waals surface area contributed by atoms with Crippen LogP contribution in [0.5, 0.6) is 5.88 Å². The van der Waals surface area contributed by atoms with Crippen LogP contribution in [0.1, 0.15) is 18.2 Å². The van der Waals surface area contributed by atoms with E-state index in [1.165, 1.54) is 12.3 Å². The van der Waals surface area contributed by atoms with Crippen LogP contribution in [0.25, 0.3) is 0 Å². The van der Waals surface area contributed by atoms with E-state index in [9.17, 15) is 4.39 Å².